The number of esters is 1. The zero-order valence-electron chi connectivity index (χ0n) is 18.1. The summed E-state index contributed by atoms with van der Waals surface area (Å²) in [6.45, 7) is 2.22. The zero-order chi connectivity index (χ0) is 21.5. The summed E-state index contributed by atoms with van der Waals surface area (Å²) >= 11 is 0. The minimum Gasteiger partial charge on any atom is -0.463 e. The van der Waals surface area contributed by atoms with Gasteiger partial charge in [-0.2, -0.15) is 0 Å². The van der Waals surface area contributed by atoms with E-state index in [4.69, 9.17) is 4.74 Å². The van der Waals surface area contributed by atoms with Gasteiger partial charge in [-0.1, -0.05) is 43.2 Å². The quantitative estimate of drug-likeness (QED) is 0.632. The van der Waals surface area contributed by atoms with Crippen molar-refractivity contribution in [3.05, 3.63) is 60.2 Å². The Morgan fingerprint density at radius 2 is 1.74 bits per heavy atom. The number of benzene rings is 1. The third-order valence-corrected chi connectivity index (χ3v) is 6.91. The number of aromatic nitrogens is 2. The lowest BCUT2D eigenvalue weighted by molar-refractivity contribution is -0.174. The molecule has 2 heterocycles. The van der Waals surface area contributed by atoms with Gasteiger partial charge in [0.1, 0.15) is 12.4 Å². The van der Waals surface area contributed by atoms with Gasteiger partial charge >= 0.3 is 5.97 Å². The van der Waals surface area contributed by atoms with Crippen molar-refractivity contribution in [3.63, 3.8) is 0 Å². The topological polar surface area (TPSA) is 84.3 Å². The first kappa shape index (κ1) is 21.9. The Morgan fingerprint density at radius 3 is 2.42 bits per heavy atom. The molecule has 31 heavy (non-hydrogen) atoms. The Hall–Kier alpha value is -2.31. The van der Waals surface area contributed by atoms with Gasteiger partial charge in [-0.05, 0) is 62.7 Å². The summed E-state index contributed by atoms with van der Waals surface area (Å²) in [6.07, 6.45) is 10.3. The number of hydrogen-bond acceptors (Lipinski definition) is 6. The summed E-state index contributed by atoms with van der Waals surface area (Å²) in [5, 5.41) is 15.0. The van der Waals surface area contributed by atoms with Crippen molar-refractivity contribution in [2.45, 2.75) is 56.5 Å². The van der Waals surface area contributed by atoms with E-state index in [9.17, 15) is 9.90 Å². The van der Waals surface area contributed by atoms with E-state index in [1.165, 1.54) is 0 Å². The molecule has 6 nitrogen and oxygen atoms in total. The van der Waals surface area contributed by atoms with E-state index in [1.807, 2.05) is 30.3 Å². The molecule has 1 saturated heterocycles. The highest BCUT2D eigenvalue weighted by atomic mass is 16.5. The molecule has 2 atom stereocenters. The average Bonchev–Trinajstić information content (AvgIpc) is 3.38. The van der Waals surface area contributed by atoms with Gasteiger partial charge in [0.15, 0.2) is 5.60 Å². The second kappa shape index (κ2) is 10.3. The van der Waals surface area contributed by atoms with E-state index in [2.05, 4.69) is 15.3 Å². The highest BCUT2D eigenvalue weighted by Gasteiger charge is 2.48. The van der Waals surface area contributed by atoms with Crippen LogP contribution in [0, 0.1) is 11.8 Å². The van der Waals surface area contributed by atoms with Crippen LogP contribution in [0.25, 0.3) is 0 Å². The van der Waals surface area contributed by atoms with Crippen molar-refractivity contribution < 1.29 is 14.6 Å². The molecule has 2 N–H and O–H groups in total. The average molecular weight is 424 g/mol. The van der Waals surface area contributed by atoms with Crippen LogP contribution < -0.4 is 5.32 Å². The molecule has 1 aliphatic carbocycles. The fraction of sp³-hybridized carbons (Fsp3) is 0.560. The van der Waals surface area contributed by atoms with Crippen molar-refractivity contribution in [1.82, 2.24) is 15.3 Å². The lowest BCUT2D eigenvalue weighted by Crippen LogP contribution is -2.44. The molecular weight excluding hydrogens is 390 g/mol. The number of carbonyl (C=O) groups excluding carboxylic acids is 1. The Labute approximate surface area is 184 Å². The molecule has 0 spiro atoms. The molecule has 6 heteroatoms. The minimum absolute atomic E-state index is 0.0724. The predicted octanol–water partition coefficient (Wildman–Crippen LogP) is 3.57. The monoisotopic (exact) mass is 423 g/mol. The SMILES string of the molecule is O=C(OCC(CC1CCNCC1)c1ncccn1)C(O)(c1ccccc1)C1CCCC1. The molecule has 1 aliphatic heterocycles. The molecule has 1 aromatic carbocycles. The van der Waals surface area contributed by atoms with Crippen LogP contribution in [0.3, 0.4) is 0 Å². The Balaban J connectivity index is 1.51. The maximum Gasteiger partial charge on any atom is 0.343 e. The van der Waals surface area contributed by atoms with Gasteiger partial charge < -0.3 is 15.2 Å². The van der Waals surface area contributed by atoms with Crippen molar-refractivity contribution in [3.8, 4) is 0 Å². The van der Waals surface area contributed by atoms with Gasteiger partial charge in [0.05, 0.1) is 5.92 Å². The maximum absolute atomic E-state index is 13.4. The minimum atomic E-state index is -1.60. The first-order valence-electron chi connectivity index (χ1n) is 11.6. The fourth-order valence-corrected chi connectivity index (χ4v) is 5.13. The number of hydrogen-bond donors (Lipinski definition) is 2. The van der Waals surface area contributed by atoms with E-state index >= 15 is 0 Å². The second-order valence-electron chi connectivity index (χ2n) is 8.95. The van der Waals surface area contributed by atoms with E-state index in [0.717, 1.165) is 58.0 Å². The van der Waals surface area contributed by atoms with E-state index in [1.54, 1.807) is 18.5 Å². The standard InChI is InChI=1S/C25H33N3O3/c29-24(25(30,22-9-4-5-10-22)21-7-2-1-3-8-21)31-18-20(23-27-13-6-14-28-23)17-19-11-15-26-16-12-19/h1-3,6-8,13-14,19-20,22,26,30H,4-5,9-12,15-18H2. The van der Waals surface area contributed by atoms with E-state index in [-0.39, 0.29) is 18.4 Å². The number of nitrogens with zero attached hydrogens (tertiary/aromatic N) is 2. The van der Waals surface area contributed by atoms with Crippen LogP contribution in [0.5, 0.6) is 0 Å². The molecule has 0 radical (unpaired) electrons. The smallest absolute Gasteiger partial charge is 0.343 e. The highest BCUT2D eigenvalue weighted by molar-refractivity contribution is 5.81. The summed E-state index contributed by atoms with van der Waals surface area (Å²) in [7, 11) is 0. The van der Waals surface area contributed by atoms with Crippen LogP contribution in [0.4, 0.5) is 0 Å². The normalized spacial score (nSPS) is 20.8. The summed E-state index contributed by atoms with van der Waals surface area (Å²) in [5.41, 5.74) is -0.980. The number of rotatable bonds is 8. The van der Waals surface area contributed by atoms with Crippen LogP contribution in [-0.2, 0) is 15.1 Å². The van der Waals surface area contributed by atoms with Crippen LogP contribution >= 0.6 is 0 Å². The number of piperidine rings is 1. The fourth-order valence-electron chi connectivity index (χ4n) is 5.13. The van der Waals surface area contributed by atoms with Gasteiger partial charge in [-0.3, -0.25) is 0 Å². The summed E-state index contributed by atoms with van der Waals surface area (Å²) in [5.74, 6) is 0.529. The van der Waals surface area contributed by atoms with Gasteiger partial charge in [-0.15, -0.1) is 0 Å². The van der Waals surface area contributed by atoms with E-state index < -0.39 is 11.6 Å². The Morgan fingerprint density at radius 1 is 1.06 bits per heavy atom. The van der Waals surface area contributed by atoms with Gasteiger partial charge in [0.25, 0.3) is 0 Å². The summed E-state index contributed by atoms with van der Waals surface area (Å²) in [4.78, 5) is 22.2. The third-order valence-electron chi connectivity index (χ3n) is 6.91. The summed E-state index contributed by atoms with van der Waals surface area (Å²) in [6, 6.07) is 11.1. The number of aliphatic hydroxyl groups is 1. The molecule has 0 amide bonds. The number of carbonyl (C=O) groups is 1. The first-order chi connectivity index (χ1) is 15.2. The molecule has 4 rings (SSSR count). The molecule has 2 aliphatic rings. The molecule has 0 bridgehead atoms. The molecule has 2 unspecified atom stereocenters. The third kappa shape index (κ3) is 5.13. The van der Waals surface area contributed by atoms with Gasteiger partial charge in [-0.25, -0.2) is 14.8 Å². The van der Waals surface area contributed by atoms with Crippen molar-refractivity contribution in [2.75, 3.05) is 19.7 Å². The Kier molecular flexibility index (Phi) is 7.30. The molecule has 1 aromatic heterocycles. The second-order valence-corrected chi connectivity index (χ2v) is 8.95. The van der Waals surface area contributed by atoms with Crippen molar-refractivity contribution in [1.29, 1.82) is 0 Å². The van der Waals surface area contributed by atoms with Crippen molar-refractivity contribution in [2.24, 2.45) is 11.8 Å². The lowest BCUT2D eigenvalue weighted by Gasteiger charge is -2.33. The number of nitrogens with one attached hydrogen (secondary N) is 1. The van der Waals surface area contributed by atoms with Gasteiger partial charge in [0.2, 0.25) is 0 Å². The number of ether oxygens (including phenoxy) is 1. The Bertz CT molecular complexity index is 820. The zero-order valence-corrected chi connectivity index (χ0v) is 18.1. The van der Waals surface area contributed by atoms with Crippen LogP contribution in [0.1, 0.15) is 62.3 Å². The largest absolute Gasteiger partial charge is 0.463 e. The summed E-state index contributed by atoms with van der Waals surface area (Å²) < 4.78 is 5.85. The maximum atomic E-state index is 13.4. The lowest BCUT2D eigenvalue weighted by atomic mass is 9.80. The highest BCUT2D eigenvalue weighted by Crippen LogP contribution is 2.41. The van der Waals surface area contributed by atoms with Gasteiger partial charge in [0, 0.05) is 18.3 Å². The molecule has 166 valence electrons. The van der Waals surface area contributed by atoms with Crippen LogP contribution in [0.2, 0.25) is 0 Å². The molecule has 1 saturated carbocycles. The predicted molar refractivity (Wildman–Crippen MR) is 118 cm³/mol. The molecular formula is C25H33N3O3. The van der Waals surface area contributed by atoms with Crippen LogP contribution in [0.15, 0.2) is 48.8 Å². The molecule has 2 fully saturated rings. The first-order valence-corrected chi connectivity index (χ1v) is 11.6. The molecule has 2 aromatic rings. The van der Waals surface area contributed by atoms with E-state index in [0.29, 0.717) is 17.3 Å². The van der Waals surface area contributed by atoms with Crippen LogP contribution in [-0.4, -0.2) is 40.7 Å². The van der Waals surface area contributed by atoms with Crippen molar-refractivity contribution >= 4 is 5.97 Å².